The van der Waals surface area contributed by atoms with Gasteiger partial charge in [-0.1, -0.05) is 19.9 Å². The number of nitrogens with zero attached hydrogens (tertiary/aromatic N) is 2. The Labute approximate surface area is 150 Å². The van der Waals surface area contributed by atoms with Gasteiger partial charge in [0.25, 0.3) is 5.91 Å². The molecule has 7 heteroatoms. The van der Waals surface area contributed by atoms with Crippen molar-refractivity contribution in [1.29, 1.82) is 0 Å². The van der Waals surface area contributed by atoms with Crippen molar-refractivity contribution in [2.75, 3.05) is 26.2 Å². The minimum atomic E-state index is -0.681. The van der Waals surface area contributed by atoms with Crippen molar-refractivity contribution < 1.29 is 13.6 Å². The van der Waals surface area contributed by atoms with Gasteiger partial charge in [0.05, 0.1) is 11.3 Å². The Kier molecular flexibility index (Phi) is 7.01. The number of nitrogens with one attached hydrogen (secondary N) is 1. The fourth-order valence-electron chi connectivity index (χ4n) is 2.54. The van der Waals surface area contributed by atoms with E-state index in [1.807, 2.05) is 0 Å². The summed E-state index contributed by atoms with van der Waals surface area (Å²) in [7, 11) is 0. The third kappa shape index (κ3) is 4.83. The fraction of sp³-hybridized carbons (Fsp3) is 0.444. The van der Waals surface area contributed by atoms with E-state index in [0.717, 1.165) is 37.4 Å². The molecule has 0 aliphatic carbocycles. The number of hydrogen-bond acceptors (Lipinski definition) is 4. The van der Waals surface area contributed by atoms with Crippen LogP contribution in [-0.2, 0) is 0 Å². The third-order valence-corrected chi connectivity index (χ3v) is 5.18. The largest absolute Gasteiger partial charge is 0.351 e. The van der Waals surface area contributed by atoms with Crippen LogP contribution in [0, 0.1) is 18.6 Å². The predicted octanol–water partition coefficient (Wildman–Crippen LogP) is 3.86. The smallest absolute Gasteiger partial charge is 0.263 e. The molecule has 1 aromatic carbocycles. The molecule has 0 radical (unpaired) electrons. The average molecular weight is 367 g/mol. The summed E-state index contributed by atoms with van der Waals surface area (Å²) >= 11 is 1.01. The number of rotatable bonds is 8. The molecular formula is C18H23F2N3OS. The van der Waals surface area contributed by atoms with Crippen LogP contribution in [0.15, 0.2) is 18.2 Å². The summed E-state index contributed by atoms with van der Waals surface area (Å²) < 4.78 is 27.8. The average Bonchev–Trinajstić information content (AvgIpc) is 2.96. The van der Waals surface area contributed by atoms with Gasteiger partial charge in [-0.15, -0.1) is 11.3 Å². The Morgan fingerprint density at radius 2 is 1.88 bits per heavy atom. The van der Waals surface area contributed by atoms with Gasteiger partial charge < -0.3 is 10.2 Å². The number of halogens is 2. The van der Waals surface area contributed by atoms with Crippen LogP contribution < -0.4 is 5.32 Å². The van der Waals surface area contributed by atoms with Crippen LogP contribution in [0.2, 0.25) is 0 Å². The highest BCUT2D eigenvalue weighted by Gasteiger charge is 2.20. The summed E-state index contributed by atoms with van der Waals surface area (Å²) in [6, 6.07) is 3.67. The van der Waals surface area contributed by atoms with Crippen molar-refractivity contribution >= 4 is 17.2 Å². The molecule has 0 bridgehead atoms. The van der Waals surface area contributed by atoms with Crippen molar-refractivity contribution in [1.82, 2.24) is 15.2 Å². The molecule has 0 atom stereocenters. The van der Waals surface area contributed by atoms with E-state index in [1.165, 1.54) is 18.2 Å². The zero-order valence-electron chi connectivity index (χ0n) is 14.7. The minimum Gasteiger partial charge on any atom is -0.351 e. The van der Waals surface area contributed by atoms with Crippen LogP contribution in [0.25, 0.3) is 10.6 Å². The molecule has 1 amide bonds. The van der Waals surface area contributed by atoms with E-state index >= 15 is 0 Å². The Morgan fingerprint density at radius 1 is 1.24 bits per heavy atom. The molecule has 1 aromatic heterocycles. The van der Waals surface area contributed by atoms with E-state index < -0.39 is 11.6 Å². The molecule has 1 N–H and O–H groups in total. The summed E-state index contributed by atoms with van der Waals surface area (Å²) in [6.45, 7) is 9.31. The fourth-order valence-corrected chi connectivity index (χ4v) is 3.57. The lowest BCUT2D eigenvalue weighted by Crippen LogP contribution is -2.29. The van der Waals surface area contributed by atoms with Crippen molar-refractivity contribution in [2.24, 2.45) is 0 Å². The molecule has 136 valence electrons. The molecule has 0 saturated heterocycles. The number of carbonyl (C=O) groups excluding carboxylic acids is 1. The number of aryl methyl sites for hydroxylation is 1. The van der Waals surface area contributed by atoms with Crippen molar-refractivity contribution in [3.05, 3.63) is 40.4 Å². The Morgan fingerprint density at radius 3 is 2.48 bits per heavy atom. The van der Waals surface area contributed by atoms with Gasteiger partial charge in [0.2, 0.25) is 0 Å². The van der Waals surface area contributed by atoms with Crippen molar-refractivity contribution in [3.63, 3.8) is 0 Å². The highest BCUT2D eigenvalue weighted by molar-refractivity contribution is 7.17. The zero-order valence-corrected chi connectivity index (χ0v) is 15.6. The van der Waals surface area contributed by atoms with E-state index in [2.05, 4.69) is 29.0 Å². The van der Waals surface area contributed by atoms with Crippen LogP contribution in [0.4, 0.5) is 8.78 Å². The lowest BCUT2D eigenvalue weighted by atomic mass is 10.2. The molecule has 2 aromatic rings. The molecule has 0 unspecified atom stereocenters. The minimum absolute atomic E-state index is 0.182. The second kappa shape index (κ2) is 9.01. The zero-order chi connectivity index (χ0) is 18.4. The first kappa shape index (κ1) is 19.5. The molecule has 0 fully saturated rings. The highest BCUT2D eigenvalue weighted by Crippen LogP contribution is 2.31. The maximum Gasteiger partial charge on any atom is 0.263 e. The van der Waals surface area contributed by atoms with Crippen LogP contribution in [0.3, 0.4) is 0 Å². The first-order chi connectivity index (χ1) is 12.0. The summed E-state index contributed by atoms with van der Waals surface area (Å²) in [5.74, 6) is -1.61. The molecule has 25 heavy (non-hydrogen) atoms. The Bertz CT molecular complexity index is 709. The first-order valence-electron chi connectivity index (χ1n) is 8.40. The van der Waals surface area contributed by atoms with E-state index in [4.69, 9.17) is 0 Å². The van der Waals surface area contributed by atoms with Crippen LogP contribution in [0.5, 0.6) is 0 Å². The number of hydrogen-bond donors (Lipinski definition) is 1. The quantitative estimate of drug-likeness (QED) is 0.721. The number of thiazole rings is 1. The molecule has 1 heterocycles. The van der Waals surface area contributed by atoms with E-state index in [1.54, 1.807) is 6.92 Å². The van der Waals surface area contributed by atoms with Crippen LogP contribution >= 0.6 is 11.3 Å². The Balaban J connectivity index is 2.03. The monoisotopic (exact) mass is 367 g/mol. The van der Waals surface area contributed by atoms with E-state index in [-0.39, 0.29) is 16.5 Å². The molecular weight excluding hydrogens is 344 g/mol. The lowest BCUT2D eigenvalue weighted by molar-refractivity contribution is 0.0955. The second-order valence-corrected chi connectivity index (χ2v) is 6.67. The molecule has 0 spiro atoms. The first-order valence-corrected chi connectivity index (χ1v) is 9.21. The number of amides is 1. The van der Waals surface area contributed by atoms with Gasteiger partial charge in [0, 0.05) is 6.54 Å². The van der Waals surface area contributed by atoms with Crippen molar-refractivity contribution in [3.8, 4) is 10.6 Å². The predicted molar refractivity (Wildman–Crippen MR) is 96.9 cm³/mol. The lowest BCUT2D eigenvalue weighted by Gasteiger charge is -2.17. The van der Waals surface area contributed by atoms with E-state index in [0.29, 0.717) is 17.1 Å². The summed E-state index contributed by atoms with van der Waals surface area (Å²) in [5.41, 5.74) is 0.292. The third-order valence-electron chi connectivity index (χ3n) is 4.01. The van der Waals surface area contributed by atoms with Gasteiger partial charge in [-0.3, -0.25) is 4.79 Å². The van der Waals surface area contributed by atoms with Gasteiger partial charge in [-0.05, 0) is 45.1 Å². The van der Waals surface area contributed by atoms with Crippen LogP contribution in [-0.4, -0.2) is 42.0 Å². The van der Waals surface area contributed by atoms with Crippen LogP contribution in [0.1, 0.15) is 35.6 Å². The number of benzene rings is 1. The highest BCUT2D eigenvalue weighted by atomic mass is 32.1. The number of aromatic nitrogens is 1. The molecule has 0 saturated carbocycles. The summed E-state index contributed by atoms with van der Waals surface area (Å²) in [4.78, 5) is 19.2. The van der Waals surface area contributed by atoms with Gasteiger partial charge in [-0.25, -0.2) is 13.8 Å². The topological polar surface area (TPSA) is 45.2 Å². The second-order valence-electron chi connectivity index (χ2n) is 5.67. The maximum absolute atomic E-state index is 13.9. The molecule has 2 rings (SSSR count). The van der Waals surface area contributed by atoms with Crippen molar-refractivity contribution in [2.45, 2.75) is 27.2 Å². The summed E-state index contributed by atoms with van der Waals surface area (Å²) in [5, 5.41) is 3.04. The summed E-state index contributed by atoms with van der Waals surface area (Å²) in [6.07, 6.45) is 0.847. The number of carbonyl (C=O) groups is 1. The van der Waals surface area contributed by atoms with Gasteiger partial charge in [-0.2, -0.15) is 0 Å². The van der Waals surface area contributed by atoms with Gasteiger partial charge in [0.1, 0.15) is 21.5 Å². The normalized spacial score (nSPS) is 11.1. The van der Waals surface area contributed by atoms with E-state index in [9.17, 15) is 13.6 Å². The molecule has 0 aliphatic rings. The molecule has 4 nitrogen and oxygen atoms in total. The standard InChI is InChI=1S/C18H23F2N3OS/c1-4-23(5-2)11-7-10-21-17(24)16-12(3)22-18(25-16)15-13(19)8-6-9-14(15)20/h6,8-9H,4-5,7,10-11H2,1-3H3,(H,21,24). The van der Waals surface area contributed by atoms with Gasteiger partial charge >= 0.3 is 0 Å². The Hall–Kier alpha value is -1.86. The van der Waals surface area contributed by atoms with Gasteiger partial charge in [0.15, 0.2) is 0 Å². The maximum atomic E-state index is 13.9. The molecule has 0 aliphatic heterocycles. The SMILES string of the molecule is CCN(CC)CCCNC(=O)c1sc(-c2c(F)cccc2F)nc1C.